The molecule has 0 unspecified atom stereocenters. The molecule has 2 aromatic rings. The highest BCUT2D eigenvalue weighted by Gasteiger charge is 2.11. The zero-order valence-corrected chi connectivity index (χ0v) is 11.1. The SMILES string of the molecule is CCOC(=O)c1ccc(C(=O)c2ccc(N)cc2)cc1. The van der Waals surface area contributed by atoms with Gasteiger partial charge < -0.3 is 10.5 Å². The third-order valence-corrected chi connectivity index (χ3v) is 2.83. The molecule has 0 heterocycles. The fourth-order valence-electron chi connectivity index (χ4n) is 1.77. The monoisotopic (exact) mass is 269 g/mol. The first kappa shape index (κ1) is 13.8. The van der Waals surface area contributed by atoms with Crippen molar-refractivity contribution in [2.45, 2.75) is 6.92 Å². The second-order valence-corrected chi connectivity index (χ2v) is 4.25. The number of nitrogens with two attached hydrogens (primary N) is 1. The number of carbonyl (C=O) groups excluding carboxylic acids is 2. The van der Waals surface area contributed by atoms with Crippen molar-refractivity contribution in [2.24, 2.45) is 0 Å². The maximum Gasteiger partial charge on any atom is 0.338 e. The topological polar surface area (TPSA) is 69.4 Å². The molecule has 0 aliphatic carbocycles. The largest absolute Gasteiger partial charge is 0.462 e. The average molecular weight is 269 g/mol. The molecular weight excluding hydrogens is 254 g/mol. The van der Waals surface area contributed by atoms with Crippen LogP contribution in [0.3, 0.4) is 0 Å². The summed E-state index contributed by atoms with van der Waals surface area (Å²) in [5.74, 6) is -0.501. The number of carbonyl (C=O) groups is 2. The third-order valence-electron chi connectivity index (χ3n) is 2.83. The Morgan fingerprint density at radius 3 is 1.85 bits per heavy atom. The van der Waals surface area contributed by atoms with Gasteiger partial charge in [0.25, 0.3) is 0 Å². The van der Waals surface area contributed by atoms with Gasteiger partial charge in [-0.15, -0.1) is 0 Å². The first-order valence-electron chi connectivity index (χ1n) is 6.29. The number of ether oxygens (including phenoxy) is 1. The molecule has 0 aromatic heterocycles. The van der Waals surface area contributed by atoms with Crippen LogP contribution < -0.4 is 5.73 Å². The van der Waals surface area contributed by atoms with Gasteiger partial charge in [0, 0.05) is 16.8 Å². The molecule has 0 atom stereocenters. The lowest BCUT2D eigenvalue weighted by Crippen LogP contribution is -2.06. The van der Waals surface area contributed by atoms with E-state index < -0.39 is 0 Å². The number of esters is 1. The van der Waals surface area contributed by atoms with Crippen molar-refractivity contribution < 1.29 is 14.3 Å². The van der Waals surface area contributed by atoms with Gasteiger partial charge in [0.2, 0.25) is 0 Å². The zero-order chi connectivity index (χ0) is 14.5. The van der Waals surface area contributed by atoms with Crippen LogP contribution in [0, 0.1) is 0 Å². The smallest absolute Gasteiger partial charge is 0.338 e. The Balaban J connectivity index is 2.19. The van der Waals surface area contributed by atoms with E-state index in [1.165, 1.54) is 0 Å². The Hall–Kier alpha value is -2.62. The highest BCUT2D eigenvalue weighted by atomic mass is 16.5. The van der Waals surface area contributed by atoms with Crippen LogP contribution in [0.4, 0.5) is 5.69 Å². The van der Waals surface area contributed by atoms with E-state index in [1.54, 1.807) is 55.5 Å². The molecule has 0 aliphatic heterocycles. The van der Waals surface area contributed by atoms with Crippen LogP contribution in [0.25, 0.3) is 0 Å². The molecule has 4 nitrogen and oxygen atoms in total. The van der Waals surface area contributed by atoms with Crippen LogP contribution in [0.1, 0.15) is 33.2 Å². The van der Waals surface area contributed by atoms with Gasteiger partial charge in [0.15, 0.2) is 5.78 Å². The molecule has 0 fully saturated rings. The van der Waals surface area contributed by atoms with Crippen LogP contribution in [-0.4, -0.2) is 18.4 Å². The normalized spacial score (nSPS) is 10.1. The second kappa shape index (κ2) is 6.02. The maximum atomic E-state index is 12.2. The molecular formula is C16H15NO3. The van der Waals surface area contributed by atoms with Crippen molar-refractivity contribution in [3.05, 3.63) is 65.2 Å². The quantitative estimate of drug-likeness (QED) is 0.526. The van der Waals surface area contributed by atoms with Gasteiger partial charge >= 0.3 is 5.97 Å². The van der Waals surface area contributed by atoms with Gasteiger partial charge in [-0.1, -0.05) is 12.1 Å². The molecule has 102 valence electrons. The fraction of sp³-hybridized carbons (Fsp3) is 0.125. The molecule has 2 N–H and O–H groups in total. The maximum absolute atomic E-state index is 12.2. The summed E-state index contributed by atoms with van der Waals surface area (Å²) in [6.45, 7) is 2.07. The van der Waals surface area contributed by atoms with E-state index in [1.807, 2.05) is 0 Å². The summed E-state index contributed by atoms with van der Waals surface area (Å²) in [6.07, 6.45) is 0. The van der Waals surface area contributed by atoms with Gasteiger partial charge in [-0.3, -0.25) is 4.79 Å². The lowest BCUT2D eigenvalue weighted by molar-refractivity contribution is 0.0526. The first-order chi connectivity index (χ1) is 9.61. The Morgan fingerprint density at radius 1 is 0.900 bits per heavy atom. The highest BCUT2D eigenvalue weighted by Crippen LogP contribution is 2.13. The lowest BCUT2D eigenvalue weighted by Gasteiger charge is -2.04. The number of anilines is 1. The van der Waals surface area contributed by atoms with E-state index in [0.717, 1.165) is 0 Å². The molecule has 20 heavy (non-hydrogen) atoms. The van der Waals surface area contributed by atoms with E-state index in [9.17, 15) is 9.59 Å². The average Bonchev–Trinajstić information content (AvgIpc) is 2.48. The van der Waals surface area contributed by atoms with Crippen LogP contribution in [-0.2, 0) is 4.74 Å². The van der Waals surface area contributed by atoms with Gasteiger partial charge in [0.05, 0.1) is 12.2 Å². The molecule has 2 aromatic carbocycles. The van der Waals surface area contributed by atoms with Crippen LogP contribution in [0.15, 0.2) is 48.5 Å². The number of rotatable bonds is 4. The molecule has 0 bridgehead atoms. The molecule has 0 aliphatic rings. The summed E-state index contributed by atoms with van der Waals surface area (Å²) in [6, 6.07) is 13.1. The van der Waals surface area contributed by atoms with Crippen LogP contribution in [0.2, 0.25) is 0 Å². The Bertz CT molecular complexity index is 615. The predicted octanol–water partition coefficient (Wildman–Crippen LogP) is 2.68. The molecule has 0 spiro atoms. The van der Waals surface area contributed by atoms with Crippen molar-refractivity contribution in [1.82, 2.24) is 0 Å². The van der Waals surface area contributed by atoms with Crippen molar-refractivity contribution >= 4 is 17.4 Å². The van der Waals surface area contributed by atoms with E-state index >= 15 is 0 Å². The van der Waals surface area contributed by atoms with Crippen molar-refractivity contribution in [3.8, 4) is 0 Å². The molecule has 0 radical (unpaired) electrons. The zero-order valence-electron chi connectivity index (χ0n) is 11.1. The van der Waals surface area contributed by atoms with E-state index in [2.05, 4.69) is 0 Å². The van der Waals surface area contributed by atoms with Crippen LogP contribution in [0.5, 0.6) is 0 Å². The minimum absolute atomic E-state index is 0.111. The summed E-state index contributed by atoms with van der Waals surface area (Å²) >= 11 is 0. The van der Waals surface area contributed by atoms with Gasteiger partial charge in [-0.25, -0.2) is 4.79 Å². The van der Waals surface area contributed by atoms with Gasteiger partial charge in [-0.05, 0) is 43.3 Å². The summed E-state index contributed by atoms with van der Waals surface area (Å²) < 4.78 is 4.89. The van der Waals surface area contributed by atoms with E-state index in [0.29, 0.717) is 29.0 Å². The standard InChI is InChI=1S/C16H15NO3/c1-2-20-16(19)13-5-3-11(4-6-13)15(18)12-7-9-14(17)10-8-12/h3-10H,2,17H2,1H3. The summed E-state index contributed by atoms with van der Waals surface area (Å²) in [5, 5.41) is 0. The number of hydrogen-bond donors (Lipinski definition) is 1. The Morgan fingerprint density at radius 2 is 1.35 bits per heavy atom. The van der Waals surface area contributed by atoms with Crippen molar-refractivity contribution in [1.29, 1.82) is 0 Å². The van der Waals surface area contributed by atoms with Crippen molar-refractivity contribution in [2.75, 3.05) is 12.3 Å². The number of ketones is 1. The van der Waals surface area contributed by atoms with Crippen molar-refractivity contribution in [3.63, 3.8) is 0 Å². The minimum atomic E-state index is -0.390. The summed E-state index contributed by atoms with van der Waals surface area (Å²) in [4.78, 5) is 23.7. The number of benzene rings is 2. The fourth-order valence-corrected chi connectivity index (χ4v) is 1.77. The number of hydrogen-bond acceptors (Lipinski definition) is 4. The molecule has 4 heteroatoms. The first-order valence-corrected chi connectivity index (χ1v) is 6.29. The van der Waals surface area contributed by atoms with E-state index in [-0.39, 0.29) is 11.8 Å². The lowest BCUT2D eigenvalue weighted by atomic mass is 10.0. The van der Waals surface area contributed by atoms with E-state index in [4.69, 9.17) is 10.5 Å². The van der Waals surface area contributed by atoms with Gasteiger partial charge in [-0.2, -0.15) is 0 Å². The Labute approximate surface area is 117 Å². The summed E-state index contributed by atoms with van der Waals surface area (Å²) in [5.41, 5.74) is 7.70. The predicted molar refractivity (Wildman–Crippen MR) is 76.7 cm³/mol. The second-order valence-electron chi connectivity index (χ2n) is 4.25. The minimum Gasteiger partial charge on any atom is -0.462 e. The Kier molecular flexibility index (Phi) is 4.15. The molecule has 0 saturated heterocycles. The third kappa shape index (κ3) is 3.03. The molecule has 2 rings (SSSR count). The molecule has 0 saturated carbocycles. The van der Waals surface area contributed by atoms with Crippen LogP contribution >= 0.6 is 0 Å². The van der Waals surface area contributed by atoms with Gasteiger partial charge in [0.1, 0.15) is 0 Å². The number of nitrogen functional groups attached to an aromatic ring is 1. The molecule has 0 amide bonds. The highest BCUT2D eigenvalue weighted by molar-refractivity contribution is 6.09. The summed E-state index contributed by atoms with van der Waals surface area (Å²) in [7, 11) is 0.